The molecule has 0 radical (unpaired) electrons. The molecule has 0 aliphatic rings. The second-order valence-electron chi connectivity index (χ2n) is 5.08. The minimum Gasteiger partial charge on any atom is -0.496 e. The number of carbonyl (C=O) groups is 2. The zero-order valence-electron chi connectivity index (χ0n) is 14.0. The van der Waals surface area contributed by atoms with Gasteiger partial charge >= 0.3 is 5.97 Å². The maximum atomic E-state index is 12.3. The van der Waals surface area contributed by atoms with Gasteiger partial charge in [0.05, 0.1) is 19.9 Å². The summed E-state index contributed by atoms with van der Waals surface area (Å²) in [7, 11) is 2.93. The van der Waals surface area contributed by atoms with E-state index < -0.39 is 18.0 Å². The monoisotopic (exact) mass is 363 g/mol. The van der Waals surface area contributed by atoms with Gasteiger partial charge in [0, 0.05) is 5.02 Å². The molecule has 0 bridgehead atoms. The van der Waals surface area contributed by atoms with Crippen LogP contribution in [0.4, 0.5) is 5.69 Å². The Hall–Kier alpha value is -2.73. The molecule has 0 fully saturated rings. The number of anilines is 1. The number of para-hydroxylation sites is 1. The molecule has 1 atom stereocenters. The highest BCUT2D eigenvalue weighted by Gasteiger charge is 2.22. The van der Waals surface area contributed by atoms with Gasteiger partial charge in [-0.15, -0.1) is 0 Å². The van der Waals surface area contributed by atoms with Crippen LogP contribution in [-0.2, 0) is 9.53 Å². The summed E-state index contributed by atoms with van der Waals surface area (Å²) in [6.07, 6.45) is -1.03. The number of hydrogen-bond donors (Lipinski definition) is 1. The SMILES string of the molecule is COc1ccc(Cl)cc1NC(=O)C(C)OC(=O)c1ccccc1OC. The van der Waals surface area contributed by atoms with E-state index in [-0.39, 0.29) is 5.56 Å². The molecule has 0 saturated carbocycles. The fraction of sp³-hybridized carbons (Fsp3) is 0.222. The number of methoxy groups -OCH3 is 2. The Morgan fingerprint density at radius 1 is 1.04 bits per heavy atom. The second-order valence-corrected chi connectivity index (χ2v) is 5.52. The molecule has 1 N–H and O–H groups in total. The van der Waals surface area contributed by atoms with Crippen molar-refractivity contribution >= 4 is 29.2 Å². The smallest absolute Gasteiger partial charge is 0.342 e. The molecular formula is C18H18ClNO5. The maximum Gasteiger partial charge on any atom is 0.342 e. The van der Waals surface area contributed by atoms with Gasteiger partial charge in [0.1, 0.15) is 17.1 Å². The summed E-state index contributed by atoms with van der Waals surface area (Å²) in [6, 6.07) is 11.4. The Bertz CT molecular complexity index is 778. The number of ether oxygens (including phenoxy) is 3. The van der Waals surface area contributed by atoms with Crippen LogP contribution >= 0.6 is 11.6 Å². The van der Waals surface area contributed by atoms with Crippen molar-refractivity contribution in [1.29, 1.82) is 0 Å². The first kappa shape index (κ1) is 18.6. The summed E-state index contributed by atoms with van der Waals surface area (Å²) in [5, 5.41) is 3.07. The van der Waals surface area contributed by atoms with Crippen LogP contribution in [0, 0.1) is 0 Å². The van der Waals surface area contributed by atoms with Gasteiger partial charge in [-0.25, -0.2) is 4.79 Å². The topological polar surface area (TPSA) is 73.9 Å². The first-order chi connectivity index (χ1) is 12.0. The van der Waals surface area contributed by atoms with Gasteiger partial charge in [-0.1, -0.05) is 23.7 Å². The fourth-order valence-electron chi connectivity index (χ4n) is 2.10. The summed E-state index contributed by atoms with van der Waals surface area (Å²) in [5.74, 6) is -0.348. The molecule has 1 unspecified atom stereocenters. The van der Waals surface area contributed by atoms with Crippen LogP contribution in [0.2, 0.25) is 5.02 Å². The van der Waals surface area contributed by atoms with Crippen molar-refractivity contribution in [3.05, 3.63) is 53.1 Å². The number of nitrogens with one attached hydrogen (secondary N) is 1. The largest absolute Gasteiger partial charge is 0.496 e. The molecule has 7 heteroatoms. The van der Waals surface area contributed by atoms with E-state index >= 15 is 0 Å². The number of carbonyl (C=O) groups excluding carboxylic acids is 2. The quantitative estimate of drug-likeness (QED) is 0.794. The fourth-order valence-corrected chi connectivity index (χ4v) is 2.28. The van der Waals surface area contributed by atoms with Gasteiger partial charge in [-0.3, -0.25) is 4.79 Å². The minimum atomic E-state index is -1.03. The Morgan fingerprint density at radius 3 is 2.40 bits per heavy atom. The normalized spacial score (nSPS) is 11.4. The third-order valence-electron chi connectivity index (χ3n) is 3.40. The predicted molar refractivity (Wildman–Crippen MR) is 94.5 cm³/mol. The van der Waals surface area contributed by atoms with Crippen molar-refractivity contribution in [2.45, 2.75) is 13.0 Å². The summed E-state index contributed by atoms with van der Waals surface area (Å²) in [6.45, 7) is 1.47. The van der Waals surface area contributed by atoms with Gasteiger partial charge in [0.2, 0.25) is 0 Å². The molecule has 2 aromatic carbocycles. The average molecular weight is 364 g/mol. The maximum absolute atomic E-state index is 12.3. The molecular weight excluding hydrogens is 346 g/mol. The van der Waals surface area contributed by atoms with Crippen molar-refractivity contribution in [2.75, 3.05) is 19.5 Å². The summed E-state index contributed by atoms with van der Waals surface area (Å²) in [5.41, 5.74) is 0.630. The van der Waals surface area contributed by atoms with E-state index in [1.165, 1.54) is 21.1 Å². The highest BCUT2D eigenvalue weighted by atomic mass is 35.5. The molecule has 0 saturated heterocycles. The minimum absolute atomic E-state index is 0.241. The summed E-state index contributed by atoms with van der Waals surface area (Å²) < 4.78 is 15.5. The third kappa shape index (κ3) is 4.64. The van der Waals surface area contributed by atoms with Crippen molar-refractivity contribution in [3.63, 3.8) is 0 Å². The van der Waals surface area contributed by atoms with Crippen LogP contribution in [0.3, 0.4) is 0 Å². The number of hydrogen-bond acceptors (Lipinski definition) is 5. The lowest BCUT2D eigenvalue weighted by Gasteiger charge is -2.16. The van der Waals surface area contributed by atoms with Crippen molar-refractivity contribution in [2.24, 2.45) is 0 Å². The van der Waals surface area contributed by atoms with Gasteiger partial charge in [0.25, 0.3) is 5.91 Å². The molecule has 6 nitrogen and oxygen atoms in total. The average Bonchev–Trinajstić information content (AvgIpc) is 2.61. The van der Waals surface area contributed by atoms with Crippen LogP contribution in [0.25, 0.3) is 0 Å². The molecule has 0 aliphatic carbocycles. The van der Waals surface area contributed by atoms with Crippen LogP contribution in [0.1, 0.15) is 17.3 Å². The molecule has 2 rings (SSSR count). The third-order valence-corrected chi connectivity index (χ3v) is 3.63. The van der Waals surface area contributed by atoms with Gasteiger partial charge in [-0.2, -0.15) is 0 Å². The first-order valence-electron chi connectivity index (χ1n) is 7.44. The molecule has 0 aliphatic heterocycles. The van der Waals surface area contributed by atoms with Crippen LogP contribution in [0.15, 0.2) is 42.5 Å². The van der Waals surface area contributed by atoms with Crippen molar-refractivity contribution in [3.8, 4) is 11.5 Å². The second kappa shape index (κ2) is 8.39. The van der Waals surface area contributed by atoms with Gasteiger partial charge in [0.15, 0.2) is 6.10 Å². The highest BCUT2D eigenvalue weighted by molar-refractivity contribution is 6.31. The summed E-state index contributed by atoms with van der Waals surface area (Å²) >= 11 is 5.93. The number of rotatable bonds is 6. The molecule has 0 spiro atoms. The van der Waals surface area contributed by atoms with E-state index in [1.807, 2.05) is 0 Å². The van der Waals surface area contributed by atoms with Gasteiger partial charge in [-0.05, 0) is 37.3 Å². The number of esters is 1. The molecule has 0 aromatic heterocycles. The van der Waals surface area contributed by atoms with E-state index in [1.54, 1.807) is 42.5 Å². The van der Waals surface area contributed by atoms with E-state index in [0.717, 1.165) is 0 Å². The summed E-state index contributed by atoms with van der Waals surface area (Å²) in [4.78, 5) is 24.5. The lowest BCUT2D eigenvalue weighted by Crippen LogP contribution is -2.30. The van der Waals surface area contributed by atoms with Gasteiger partial charge < -0.3 is 19.5 Å². The standard InChI is InChI=1S/C18H18ClNO5/c1-11(25-18(22)13-6-4-5-7-15(13)23-2)17(21)20-14-10-12(19)8-9-16(14)24-3/h4-11H,1-3H3,(H,20,21). The molecule has 25 heavy (non-hydrogen) atoms. The van der Waals surface area contributed by atoms with Crippen LogP contribution in [-0.4, -0.2) is 32.2 Å². The lowest BCUT2D eigenvalue weighted by atomic mass is 10.2. The van der Waals surface area contributed by atoms with E-state index in [2.05, 4.69) is 5.32 Å². The van der Waals surface area contributed by atoms with Crippen LogP contribution < -0.4 is 14.8 Å². The van der Waals surface area contributed by atoms with Crippen molar-refractivity contribution in [1.82, 2.24) is 0 Å². The zero-order valence-corrected chi connectivity index (χ0v) is 14.8. The molecule has 132 valence electrons. The Labute approximate surface area is 150 Å². The zero-order chi connectivity index (χ0) is 18.4. The Kier molecular flexibility index (Phi) is 6.25. The number of amides is 1. The first-order valence-corrected chi connectivity index (χ1v) is 7.82. The van der Waals surface area contributed by atoms with E-state index in [9.17, 15) is 9.59 Å². The lowest BCUT2D eigenvalue weighted by molar-refractivity contribution is -0.123. The van der Waals surface area contributed by atoms with Crippen molar-refractivity contribution < 1.29 is 23.8 Å². The van der Waals surface area contributed by atoms with E-state index in [4.69, 9.17) is 25.8 Å². The number of benzene rings is 2. The predicted octanol–water partition coefficient (Wildman–Crippen LogP) is 3.54. The van der Waals surface area contributed by atoms with E-state index in [0.29, 0.717) is 22.2 Å². The molecule has 0 heterocycles. The van der Waals surface area contributed by atoms with Crippen LogP contribution in [0.5, 0.6) is 11.5 Å². The molecule has 1 amide bonds. The number of halogens is 1. The Morgan fingerprint density at radius 2 is 1.72 bits per heavy atom. The Balaban J connectivity index is 2.08. The molecule has 2 aromatic rings. The highest BCUT2D eigenvalue weighted by Crippen LogP contribution is 2.28.